The van der Waals surface area contributed by atoms with Gasteiger partial charge in [0.05, 0.1) is 13.2 Å². The number of aryl methyl sites for hydroxylation is 1. The molecule has 3 nitrogen and oxygen atoms in total. The van der Waals surface area contributed by atoms with Crippen molar-refractivity contribution in [2.75, 3.05) is 19.8 Å². The van der Waals surface area contributed by atoms with Crippen LogP contribution in [0.1, 0.15) is 48.9 Å². The third-order valence-electron chi connectivity index (χ3n) is 3.90. The van der Waals surface area contributed by atoms with E-state index in [1.165, 1.54) is 11.1 Å². The van der Waals surface area contributed by atoms with Gasteiger partial charge in [0.15, 0.2) is 0 Å². The number of nitrogens with one attached hydrogen (secondary N) is 1. The van der Waals surface area contributed by atoms with Crippen LogP contribution in [0.25, 0.3) is 0 Å². The van der Waals surface area contributed by atoms with Crippen LogP contribution in [0.5, 0.6) is 5.75 Å². The summed E-state index contributed by atoms with van der Waals surface area (Å²) in [5.74, 6) is 0.904. The Morgan fingerprint density at radius 3 is 2.90 bits per heavy atom. The predicted octanol–water partition coefficient (Wildman–Crippen LogP) is 3.43. The second-order valence-corrected chi connectivity index (χ2v) is 5.88. The molecule has 0 saturated heterocycles. The zero-order valence-corrected chi connectivity index (χ0v) is 12.7. The Morgan fingerprint density at radius 1 is 1.45 bits per heavy atom. The Hall–Kier alpha value is -1.32. The summed E-state index contributed by atoms with van der Waals surface area (Å²) < 4.78 is 5.50. The quantitative estimate of drug-likeness (QED) is 0.617. The first-order valence-corrected chi connectivity index (χ1v) is 7.28. The molecule has 2 rings (SSSR count). The van der Waals surface area contributed by atoms with Crippen LogP contribution >= 0.6 is 0 Å². The normalized spacial score (nSPS) is 20.9. The van der Waals surface area contributed by atoms with Crippen molar-refractivity contribution in [3.05, 3.63) is 41.0 Å². The standard InChI is InChI=1S/C17H25NO2/c1-11(2)10-20-8-7-18-14-9-13(4)16-12(3)5-6-15(19)17(14)16/h5-6,13-14,18-19H,1,7-10H2,2-4H3. The molecule has 0 aliphatic heterocycles. The smallest absolute Gasteiger partial charge is 0.120 e. The molecule has 2 unspecified atom stereocenters. The maximum Gasteiger partial charge on any atom is 0.120 e. The fourth-order valence-electron chi connectivity index (χ4n) is 3.08. The number of fused-ring (bicyclic) bond motifs is 1. The topological polar surface area (TPSA) is 41.5 Å². The number of hydrogen-bond donors (Lipinski definition) is 2. The highest BCUT2D eigenvalue weighted by atomic mass is 16.5. The van der Waals surface area contributed by atoms with Gasteiger partial charge in [0, 0.05) is 18.2 Å². The van der Waals surface area contributed by atoms with Gasteiger partial charge in [0.25, 0.3) is 0 Å². The lowest BCUT2D eigenvalue weighted by molar-refractivity contribution is 0.155. The zero-order chi connectivity index (χ0) is 14.7. The molecule has 0 bridgehead atoms. The molecule has 110 valence electrons. The van der Waals surface area contributed by atoms with Crippen molar-refractivity contribution in [2.24, 2.45) is 0 Å². The van der Waals surface area contributed by atoms with Crippen molar-refractivity contribution in [3.63, 3.8) is 0 Å². The molecule has 0 spiro atoms. The predicted molar refractivity (Wildman–Crippen MR) is 82.3 cm³/mol. The molecular weight excluding hydrogens is 250 g/mol. The first-order valence-electron chi connectivity index (χ1n) is 7.28. The molecule has 0 amide bonds. The molecule has 1 aromatic carbocycles. The van der Waals surface area contributed by atoms with E-state index in [-0.39, 0.29) is 6.04 Å². The van der Waals surface area contributed by atoms with E-state index in [2.05, 4.69) is 25.7 Å². The Balaban J connectivity index is 1.96. The third kappa shape index (κ3) is 3.22. The van der Waals surface area contributed by atoms with Gasteiger partial charge in [-0.25, -0.2) is 0 Å². The molecule has 0 aromatic heterocycles. The molecule has 0 heterocycles. The molecule has 20 heavy (non-hydrogen) atoms. The van der Waals surface area contributed by atoms with Crippen LogP contribution in [0, 0.1) is 6.92 Å². The van der Waals surface area contributed by atoms with Gasteiger partial charge in [-0.05, 0) is 43.4 Å². The molecule has 0 saturated carbocycles. The minimum Gasteiger partial charge on any atom is -0.508 e. The highest BCUT2D eigenvalue weighted by Gasteiger charge is 2.31. The van der Waals surface area contributed by atoms with Crippen molar-refractivity contribution in [2.45, 2.75) is 39.2 Å². The van der Waals surface area contributed by atoms with Gasteiger partial charge in [-0.2, -0.15) is 0 Å². The van der Waals surface area contributed by atoms with Gasteiger partial charge in [-0.1, -0.05) is 25.1 Å². The lowest BCUT2D eigenvalue weighted by Gasteiger charge is -2.16. The summed E-state index contributed by atoms with van der Waals surface area (Å²) in [6.07, 6.45) is 1.04. The number of rotatable bonds is 6. The second-order valence-electron chi connectivity index (χ2n) is 5.88. The summed E-state index contributed by atoms with van der Waals surface area (Å²) in [4.78, 5) is 0. The van der Waals surface area contributed by atoms with Gasteiger partial charge < -0.3 is 15.2 Å². The first-order chi connectivity index (χ1) is 9.50. The first kappa shape index (κ1) is 15.1. The highest BCUT2D eigenvalue weighted by molar-refractivity contribution is 5.50. The Labute approximate surface area is 121 Å². The molecule has 2 atom stereocenters. The highest BCUT2D eigenvalue weighted by Crippen LogP contribution is 2.45. The summed E-state index contributed by atoms with van der Waals surface area (Å²) in [6.45, 7) is 12.2. The van der Waals surface area contributed by atoms with E-state index in [0.29, 0.717) is 24.9 Å². The molecule has 1 aliphatic rings. The SMILES string of the molecule is C=C(C)COCCNC1CC(C)c2c(C)ccc(O)c21. The Bertz CT molecular complexity index is 496. The number of phenolic OH excluding ortho intramolecular Hbond substituents is 1. The number of ether oxygens (including phenoxy) is 1. The van der Waals surface area contributed by atoms with Crippen molar-refractivity contribution >= 4 is 0 Å². The molecule has 0 radical (unpaired) electrons. The summed E-state index contributed by atoms with van der Waals surface area (Å²) in [5.41, 5.74) is 4.70. The molecule has 1 aromatic rings. The average Bonchev–Trinajstić information content (AvgIpc) is 2.71. The lowest BCUT2D eigenvalue weighted by atomic mass is 9.97. The largest absolute Gasteiger partial charge is 0.508 e. The minimum atomic E-state index is 0.230. The average molecular weight is 275 g/mol. The number of aromatic hydroxyl groups is 1. The number of phenols is 1. The van der Waals surface area contributed by atoms with Crippen LogP contribution < -0.4 is 5.32 Å². The Morgan fingerprint density at radius 2 is 2.20 bits per heavy atom. The molecular formula is C17H25NO2. The van der Waals surface area contributed by atoms with E-state index < -0.39 is 0 Å². The summed E-state index contributed by atoms with van der Waals surface area (Å²) >= 11 is 0. The van der Waals surface area contributed by atoms with Crippen LogP contribution in [0.2, 0.25) is 0 Å². The van der Waals surface area contributed by atoms with Crippen LogP contribution in [0.3, 0.4) is 0 Å². The van der Waals surface area contributed by atoms with Crippen LogP contribution in [0.4, 0.5) is 0 Å². The maximum absolute atomic E-state index is 10.1. The van der Waals surface area contributed by atoms with Gasteiger partial charge >= 0.3 is 0 Å². The lowest BCUT2D eigenvalue weighted by Crippen LogP contribution is -2.24. The summed E-state index contributed by atoms with van der Waals surface area (Å²) in [6, 6.07) is 4.04. The van der Waals surface area contributed by atoms with Gasteiger partial charge in [-0.3, -0.25) is 0 Å². The van der Waals surface area contributed by atoms with E-state index >= 15 is 0 Å². The minimum absolute atomic E-state index is 0.230. The van der Waals surface area contributed by atoms with Crippen LogP contribution in [-0.4, -0.2) is 24.9 Å². The van der Waals surface area contributed by atoms with E-state index in [9.17, 15) is 5.11 Å². The monoisotopic (exact) mass is 275 g/mol. The maximum atomic E-state index is 10.1. The molecule has 2 N–H and O–H groups in total. The van der Waals surface area contributed by atoms with E-state index in [1.807, 2.05) is 13.0 Å². The molecule has 1 aliphatic carbocycles. The van der Waals surface area contributed by atoms with Crippen molar-refractivity contribution in [1.82, 2.24) is 5.32 Å². The third-order valence-corrected chi connectivity index (χ3v) is 3.90. The van der Waals surface area contributed by atoms with Gasteiger partial charge in [-0.15, -0.1) is 0 Å². The van der Waals surface area contributed by atoms with Gasteiger partial charge in [0.1, 0.15) is 5.75 Å². The summed E-state index contributed by atoms with van der Waals surface area (Å²) in [7, 11) is 0. The molecule has 3 heteroatoms. The fourth-order valence-corrected chi connectivity index (χ4v) is 3.08. The van der Waals surface area contributed by atoms with Gasteiger partial charge in [0.2, 0.25) is 0 Å². The van der Waals surface area contributed by atoms with E-state index in [1.54, 1.807) is 6.07 Å². The van der Waals surface area contributed by atoms with E-state index in [4.69, 9.17) is 4.74 Å². The van der Waals surface area contributed by atoms with Crippen molar-refractivity contribution in [3.8, 4) is 5.75 Å². The van der Waals surface area contributed by atoms with E-state index in [0.717, 1.165) is 24.1 Å². The Kier molecular flexibility index (Phi) is 4.84. The van der Waals surface area contributed by atoms with Crippen LogP contribution in [0.15, 0.2) is 24.3 Å². The summed E-state index contributed by atoms with van der Waals surface area (Å²) in [5, 5.41) is 13.6. The van der Waals surface area contributed by atoms with Crippen molar-refractivity contribution in [1.29, 1.82) is 0 Å². The second kappa shape index (κ2) is 6.42. The number of hydrogen-bond acceptors (Lipinski definition) is 3. The zero-order valence-electron chi connectivity index (χ0n) is 12.7. The number of benzene rings is 1. The van der Waals surface area contributed by atoms with Crippen LogP contribution in [-0.2, 0) is 4.74 Å². The van der Waals surface area contributed by atoms with Crippen molar-refractivity contribution < 1.29 is 9.84 Å². The molecule has 0 fully saturated rings. The fraction of sp³-hybridized carbons (Fsp3) is 0.529.